The van der Waals surface area contributed by atoms with Crippen LogP contribution >= 0.6 is 0 Å². The van der Waals surface area contributed by atoms with Crippen LogP contribution < -0.4 is 0 Å². The molecule has 0 bridgehead atoms. The van der Waals surface area contributed by atoms with Crippen LogP contribution in [0.25, 0.3) is 0 Å². The van der Waals surface area contributed by atoms with E-state index in [1.54, 1.807) is 13.1 Å². The summed E-state index contributed by atoms with van der Waals surface area (Å²) in [6, 6.07) is 18.8. The van der Waals surface area contributed by atoms with E-state index in [0.717, 1.165) is 25.1 Å². The largest absolute Gasteiger partial charge is 0.318 e. The normalized spacial score (nSPS) is 11.9. The summed E-state index contributed by atoms with van der Waals surface area (Å²) >= 11 is 0. The van der Waals surface area contributed by atoms with Crippen LogP contribution in [0, 0.1) is 6.92 Å². The number of benzene rings is 2. The van der Waals surface area contributed by atoms with Gasteiger partial charge >= 0.3 is 0 Å². The summed E-state index contributed by atoms with van der Waals surface area (Å²) in [5.41, 5.74) is 4.67. The van der Waals surface area contributed by atoms with Crippen molar-refractivity contribution in [2.24, 2.45) is 0 Å². The molecule has 0 N–H and O–H groups in total. The molecule has 0 atom stereocenters. The highest BCUT2D eigenvalue weighted by Crippen LogP contribution is 2.17. The molecule has 6 heteroatoms. The molecular weight excluding hydrogens is 394 g/mol. The van der Waals surface area contributed by atoms with Crippen molar-refractivity contribution in [1.82, 2.24) is 14.5 Å². The van der Waals surface area contributed by atoms with Crippen molar-refractivity contribution in [3.63, 3.8) is 0 Å². The zero-order valence-electron chi connectivity index (χ0n) is 18.1. The first-order valence-electron chi connectivity index (χ1n) is 10.4. The predicted molar refractivity (Wildman–Crippen MR) is 121 cm³/mol. The molecule has 0 radical (unpaired) electrons. The lowest BCUT2D eigenvalue weighted by Gasteiger charge is -2.19. The average molecular weight is 426 g/mol. The van der Waals surface area contributed by atoms with Gasteiger partial charge in [-0.05, 0) is 37.9 Å². The maximum Gasteiger partial charge on any atom is 0.227 e. The molecule has 3 aromatic rings. The number of rotatable bonds is 10. The molecule has 0 unspecified atom stereocenters. The standard InChI is InChI=1S/C24H31N3O2S/c1-4-30(28,29)24-25-17-23(19-26(3)18-22-14-12-20(2)13-15-22)27(24)16-8-11-21-9-6-5-7-10-21/h5-7,9-10,12-15,17H,4,8,11,16,18-19H2,1-3H3. The second-order valence-corrected chi connectivity index (χ2v) is 10.0. The monoisotopic (exact) mass is 425 g/mol. The second-order valence-electron chi connectivity index (χ2n) is 7.83. The highest BCUT2D eigenvalue weighted by molar-refractivity contribution is 7.91. The molecule has 0 aliphatic heterocycles. The lowest BCUT2D eigenvalue weighted by Crippen LogP contribution is -2.21. The fraction of sp³-hybridized carbons (Fsp3) is 0.375. The molecule has 0 saturated carbocycles. The number of sulfone groups is 1. The quantitative estimate of drug-likeness (QED) is 0.487. The summed E-state index contributed by atoms with van der Waals surface area (Å²) in [6.45, 7) is 5.83. The lowest BCUT2D eigenvalue weighted by molar-refractivity contribution is 0.307. The third-order valence-corrected chi connectivity index (χ3v) is 6.90. The summed E-state index contributed by atoms with van der Waals surface area (Å²) in [4.78, 5) is 6.50. The molecule has 0 aliphatic rings. The Bertz CT molecular complexity index is 1040. The Morgan fingerprint density at radius 2 is 1.67 bits per heavy atom. The van der Waals surface area contributed by atoms with Crippen LogP contribution in [0.1, 0.15) is 35.7 Å². The number of imidazole rings is 1. The van der Waals surface area contributed by atoms with E-state index >= 15 is 0 Å². The van der Waals surface area contributed by atoms with Crippen LogP contribution in [0.4, 0.5) is 0 Å². The molecule has 30 heavy (non-hydrogen) atoms. The number of aryl methyl sites for hydroxylation is 2. The Labute approximate surface area is 180 Å². The van der Waals surface area contributed by atoms with E-state index in [1.165, 1.54) is 16.7 Å². The van der Waals surface area contributed by atoms with Gasteiger partial charge in [0.05, 0.1) is 17.6 Å². The van der Waals surface area contributed by atoms with Gasteiger partial charge in [0.1, 0.15) is 0 Å². The van der Waals surface area contributed by atoms with Crippen molar-refractivity contribution in [2.45, 2.75) is 51.5 Å². The van der Waals surface area contributed by atoms with E-state index in [-0.39, 0.29) is 10.9 Å². The molecule has 1 heterocycles. The molecular formula is C24H31N3O2S. The van der Waals surface area contributed by atoms with Crippen LogP contribution in [0.5, 0.6) is 0 Å². The molecule has 160 valence electrons. The van der Waals surface area contributed by atoms with Crippen LogP contribution in [0.15, 0.2) is 66.0 Å². The maximum atomic E-state index is 12.6. The van der Waals surface area contributed by atoms with Gasteiger partial charge in [0, 0.05) is 19.6 Å². The SMILES string of the molecule is CCS(=O)(=O)c1ncc(CN(C)Cc2ccc(C)cc2)n1CCCc1ccccc1. The van der Waals surface area contributed by atoms with Gasteiger partial charge in [-0.1, -0.05) is 67.1 Å². The summed E-state index contributed by atoms with van der Waals surface area (Å²) in [6.07, 6.45) is 3.49. The fourth-order valence-electron chi connectivity index (χ4n) is 3.56. The van der Waals surface area contributed by atoms with E-state index in [2.05, 4.69) is 60.3 Å². The Kier molecular flexibility index (Phi) is 7.45. The van der Waals surface area contributed by atoms with E-state index in [9.17, 15) is 8.42 Å². The van der Waals surface area contributed by atoms with Gasteiger partial charge in [-0.15, -0.1) is 0 Å². The molecule has 0 spiro atoms. The number of aromatic nitrogens is 2. The van der Waals surface area contributed by atoms with E-state index in [4.69, 9.17) is 0 Å². The molecule has 3 rings (SSSR count). The first-order chi connectivity index (χ1) is 14.4. The summed E-state index contributed by atoms with van der Waals surface area (Å²) < 4.78 is 27.1. The van der Waals surface area contributed by atoms with Gasteiger partial charge in [0.2, 0.25) is 15.0 Å². The van der Waals surface area contributed by atoms with Crippen LogP contribution in [0.3, 0.4) is 0 Å². The smallest absolute Gasteiger partial charge is 0.227 e. The highest BCUT2D eigenvalue weighted by Gasteiger charge is 2.22. The van der Waals surface area contributed by atoms with Gasteiger partial charge in [-0.3, -0.25) is 4.90 Å². The van der Waals surface area contributed by atoms with Gasteiger partial charge in [-0.2, -0.15) is 0 Å². The Hall–Kier alpha value is -2.44. The number of nitrogens with zero attached hydrogens (tertiary/aromatic N) is 3. The average Bonchev–Trinajstić information content (AvgIpc) is 3.13. The predicted octanol–water partition coefficient (Wildman–Crippen LogP) is 4.25. The topological polar surface area (TPSA) is 55.2 Å². The molecule has 1 aromatic heterocycles. The van der Waals surface area contributed by atoms with Crippen molar-refractivity contribution in [3.8, 4) is 0 Å². The molecule has 0 fully saturated rings. The van der Waals surface area contributed by atoms with Crippen LogP contribution in [-0.4, -0.2) is 35.7 Å². The number of hydrogen-bond acceptors (Lipinski definition) is 4. The fourth-order valence-corrected chi connectivity index (χ4v) is 4.57. The van der Waals surface area contributed by atoms with Gasteiger partial charge < -0.3 is 4.57 Å². The Morgan fingerprint density at radius 1 is 0.967 bits per heavy atom. The minimum absolute atomic E-state index is 0.0569. The Morgan fingerprint density at radius 3 is 2.33 bits per heavy atom. The minimum atomic E-state index is -3.37. The van der Waals surface area contributed by atoms with E-state index < -0.39 is 9.84 Å². The van der Waals surface area contributed by atoms with Crippen molar-refractivity contribution in [1.29, 1.82) is 0 Å². The highest BCUT2D eigenvalue weighted by atomic mass is 32.2. The third-order valence-electron chi connectivity index (χ3n) is 5.25. The third kappa shape index (κ3) is 5.80. The first kappa shape index (κ1) is 22.2. The molecule has 0 saturated heterocycles. The zero-order chi connectivity index (χ0) is 21.6. The summed E-state index contributed by atoms with van der Waals surface area (Å²) in [7, 11) is -1.32. The lowest BCUT2D eigenvalue weighted by atomic mass is 10.1. The summed E-state index contributed by atoms with van der Waals surface area (Å²) in [5.74, 6) is 0.0569. The van der Waals surface area contributed by atoms with Crippen LogP contribution in [-0.2, 0) is 35.9 Å². The molecule has 5 nitrogen and oxygen atoms in total. The maximum absolute atomic E-state index is 12.6. The zero-order valence-corrected chi connectivity index (χ0v) is 18.9. The second kappa shape index (κ2) is 10.0. The molecule has 0 aliphatic carbocycles. The van der Waals surface area contributed by atoms with E-state index in [1.807, 2.05) is 22.8 Å². The van der Waals surface area contributed by atoms with Crippen molar-refractivity contribution < 1.29 is 8.42 Å². The van der Waals surface area contributed by atoms with Crippen molar-refractivity contribution in [3.05, 3.63) is 83.2 Å². The Balaban J connectivity index is 1.74. The van der Waals surface area contributed by atoms with Crippen molar-refractivity contribution in [2.75, 3.05) is 12.8 Å². The van der Waals surface area contributed by atoms with E-state index in [0.29, 0.717) is 13.1 Å². The van der Waals surface area contributed by atoms with Gasteiger partial charge in [0.15, 0.2) is 0 Å². The number of hydrogen-bond donors (Lipinski definition) is 0. The van der Waals surface area contributed by atoms with Crippen LogP contribution in [0.2, 0.25) is 0 Å². The minimum Gasteiger partial charge on any atom is -0.318 e. The summed E-state index contributed by atoms with van der Waals surface area (Å²) in [5, 5.41) is 0.191. The van der Waals surface area contributed by atoms with Crippen molar-refractivity contribution >= 4 is 9.84 Å². The molecule has 0 amide bonds. The molecule has 2 aromatic carbocycles. The van der Waals surface area contributed by atoms with Gasteiger partial charge in [0.25, 0.3) is 0 Å². The first-order valence-corrected chi connectivity index (χ1v) is 12.1. The van der Waals surface area contributed by atoms with Gasteiger partial charge in [-0.25, -0.2) is 13.4 Å².